The number of carbonyl (C=O) groups is 2. The van der Waals surface area contributed by atoms with Gasteiger partial charge in [0.15, 0.2) is 0 Å². The van der Waals surface area contributed by atoms with Crippen molar-refractivity contribution in [3.05, 3.63) is 42.6 Å². The molecule has 0 radical (unpaired) electrons. The van der Waals surface area contributed by atoms with Crippen molar-refractivity contribution in [3.8, 4) is 0 Å². The quantitative estimate of drug-likeness (QED) is 0.639. The Morgan fingerprint density at radius 1 is 1.20 bits per heavy atom. The largest absolute Gasteiger partial charge is 0.353 e. The van der Waals surface area contributed by atoms with Crippen molar-refractivity contribution in [1.29, 1.82) is 0 Å². The number of rotatable bonds is 9. The van der Waals surface area contributed by atoms with Crippen LogP contribution in [0.1, 0.15) is 43.5 Å². The van der Waals surface area contributed by atoms with E-state index in [1.165, 1.54) is 0 Å². The fourth-order valence-corrected chi connectivity index (χ4v) is 3.45. The SMILES string of the molecule is CCC(C)CC(=O)N1CCN(c2ccc(C(=O)NCCCn3ccnc3)cn2)CC1. The molecule has 1 fully saturated rings. The molecule has 2 amide bonds. The van der Waals surface area contributed by atoms with E-state index in [1.54, 1.807) is 18.7 Å². The van der Waals surface area contributed by atoms with Crippen LogP contribution >= 0.6 is 0 Å². The Kier molecular flexibility index (Phi) is 7.82. The monoisotopic (exact) mass is 412 g/mol. The first-order valence-electron chi connectivity index (χ1n) is 10.8. The lowest BCUT2D eigenvalue weighted by molar-refractivity contribution is -0.132. The second kappa shape index (κ2) is 10.8. The molecule has 162 valence electrons. The van der Waals surface area contributed by atoms with Gasteiger partial charge in [0.05, 0.1) is 11.9 Å². The first-order chi connectivity index (χ1) is 14.6. The summed E-state index contributed by atoms with van der Waals surface area (Å²) in [4.78, 5) is 37.2. The number of pyridine rings is 1. The van der Waals surface area contributed by atoms with Gasteiger partial charge >= 0.3 is 0 Å². The number of nitrogens with zero attached hydrogens (tertiary/aromatic N) is 5. The number of hydrogen-bond acceptors (Lipinski definition) is 5. The van der Waals surface area contributed by atoms with Crippen molar-refractivity contribution in [2.75, 3.05) is 37.6 Å². The minimum absolute atomic E-state index is 0.111. The third kappa shape index (κ3) is 6.05. The first-order valence-corrected chi connectivity index (χ1v) is 10.8. The van der Waals surface area contributed by atoms with Gasteiger partial charge in [-0.05, 0) is 24.5 Å². The summed E-state index contributed by atoms with van der Waals surface area (Å²) in [6, 6.07) is 3.70. The summed E-state index contributed by atoms with van der Waals surface area (Å²) in [5.41, 5.74) is 0.559. The second-order valence-corrected chi connectivity index (χ2v) is 7.90. The number of imidazole rings is 1. The van der Waals surface area contributed by atoms with Gasteiger partial charge in [-0.3, -0.25) is 9.59 Å². The van der Waals surface area contributed by atoms with E-state index in [2.05, 4.69) is 34.0 Å². The Hall–Kier alpha value is -2.90. The van der Waals surface area contributed by atoms with Gasteiger partial charge in [0.1, 0.15) is 5.82 Å². The fraction of sp³-hybridized carbons (Fsp3) is 0.545. The molecule has 1 unspecified atom stereocenters. The number of amides is 2. The van der Waals surface area contributed by atoms with Gasteiger partial charge in [-0.15, -0.1) is 0 Å². The molecule has 1 aliphatic rings. The van der Waals surface area contributed by atoms with Crippen LogP contribution in [-0.4, -0.2) is 64.0 Å². The Labute approximate surface area is 178 Å². The van der Waals surface area contributed by atoms with E-state index >= 15 is 0 Å². The highest BCUT2D eigenvalue weighted by Crippen LogP contribution is 2.16. The standard InChI is InChI=1S/C22H32N6O2/c1-3-18(2)15-21(29)28-13-11-27(12-14-28)20-6-5-19(16-25-20)22(30)24-7-4-9-26-10-8-23-17-26/h5-6,8,10,16-18H,3-4,7,9,11-15H2,1-2H3,(H,24,30). The van der Waals surface area contributed by atoms with Crippen molar-refractivity contribution in [1.82, 2.24) is 24.8 Å². The summed E-state index contributed by atoms with van der Waals surface area (Å²) < 4.78 is 1.99. The zero-order chi connectivity index (χ0) is 21.3. The number of aromatic nitrogens is 3. The molecule has 2 aromatic rings. The third-order valence-electron chi connectivity index (χ3n) is 5.62. The number of nitrogens with one attached hydrogen (secondary N) is 1. The van der Waals surface area contributed by atoms with Crippen molar-refractivity contribution in [3.63, 3.8) is 0 Å². The number of piperazine rings is 1. The Balaban J connectivity index is 1.42. The van der Waals surface area contributed by atoms with Crippen molar-refractivity contribution >= 4 is 17.6 Å². The molecule has 1 saturated heterocycles. The molecule has 0 bridgehead atoms. The van der Waals surface area contributed by atoms with E-state index in [-0.39, 0.29) is 11.8 Å². The summed E-state index contributed by atoms with van der Waals surface area (Å²) in [5, 5.41) is 2.93. The molecular formula is C22H32N6O2. The molecule has 0 saturated carbocycles. The molecule has 0 aliphatic carbocycles. The topological polar surface area (TPSA) is 83.4 Å². The smallest absolute Gasteiger partial charge is 0.252 e. The van der Waals surface area contributed by atoms with Crippen molar-refractivity contribution < 1.29 is 9.59 Å². The molecule has 3 heterocycles. The summed E-state index contributed by atoms with van der Waals surface area (Å²) in [6.07, 6.45) is 9.55. The first kappa shape index (κ1) is 21.8. The van der Waals surface area contributed by atoms with Crippen LogP contribution in [-0.2, 0) is 11.3 Å². The van der Waals surface area contributed by atoms with Crippen LogP contribution in [0.2, 0.25) is 0 Å². The molecule has 0 spiro atoms. The highest BCUT2D eigenvalue weighted by molar-refractivity contribution is 5.94. The maximum absolute atomic E-state index is 12.3. The lowest BCUT2D eigenvalue weighted by atomic mass is 10.0. The molecule has 8 heteroatoms. The van der Waals surface area contributed by atoms with Crippen molar-refractivity contribution in [2.24, 2.45) is 5.92 Å². The normalized spacial score (nSPS) is 15.1. The number of anilines is 1. The zero-order valence-electron chi connectivity index (χ0n) is 18.0. The van der Waals surface area contributed by atoms with Gasteiger partial charge in [-0.1, -0.05) is 20.3 Å². The molecule has 0 aromatic carbocycles. The molecule has 1 N–H and O–H groups in total. The Bertz CT molecular complexity index is 798. The van der Waals surface area contributed by atoms with Gasteiger partial charge in [0, 0.05) is 64.3 Å². The van der Waals surface area contributed by atoms with Gasteiger partial charge in [-0.25, -0.2) is 9.97 Å². The highest BCUT2D eigenvalue weighted by atomic mass is 16.2. The maximum atomic E-state index is 12.3. The van der Waals surface area contributed by atoms with Gasteiger partial charge < -0.3 is 19.7 Å². The third-order valence-corrected chi connectivity index (χ3v) is 5.62. The Morgan fingerprint density at radius 3 is 2.63 bits per heavy atom. The van der Waals surface area contributed by atoms with Crippen LogP contribution in [0.15, 0.2) is 37.1 Å². The van der Waals surface area contributed by atoms with E-state index in [0.29, 0.717) is 24.4 Å². The summed E-state index contributed by atoms with van der Waals surface area (Å²) in [6.45, 7) is 8.63. The van der Waals surface area contributed by atoms with E-state index in [9.17, 15) is 9.59 Å². The van der Waals surface area contributed by atoms with E-state index in [1.807, 2.05) is 27.8 Å². The molecule has 2 aromatic heterocycles. The summed E-state index contributed by atoms with van der Waals surface area (Å²) in [5.74, 6) is 1.42. The minimum Gasteiger partial charge on any atom is -0.353 e. The predicted octanol–water partition coefficient (Wildman–Crippen LogP) is 2.18. The maximum Gasteiger partial charge on any atom is 0.252 e. The lowest BCUT2D eigenvalue weighted by Crippen LogP contribution is -2.49. The lowest BCUT2D eigenvalue weighted by Gasteiger charge is -2.35. The van der Waals surface area contributed by atoms with Crippen molar-refractivity contribution in [2.45, 2.75) is 39.7 Å². The number of hydrogen-bond donors (Lipinski definition) is 1. The Morgan fingerprint density at radius 2 is 2.00 bits per heavy atom. The number of carbonyl (C=O) groups excluding carboxylic acids is 2. The van der Waals surface area contributed by atoms with Crippen LogP contribution in [0.5, 0.6) is 0 Å². The number of aryl methyl sites for hydroxylation is 1. The minimum atomic E-state index is -0.111. The summed E-state index contributed by atoms with van der Waals surface area (Å²) >= 11 is 0. The molecular weight excluding hydrogens is 380 g/mol. The molecule has 1 atom stereocenters. The van der Waals surface area contributed by atoms with Crippen LogP contribution in [0, 0.1) is 5.92 Å². The van der Waals surface area contributed by atoms with E-state index in [4.69, 9.17) is 0 Å². The molecule has 1 aliphatic heterocycles. The molecule has 8 nitrogen and oxygen atoms in total. The molecule has 30 heavy (non-hydrogen) atoms. The van der Waals surface area contributed by atoms with E-state index < -0.39 is 0 Å². The average Bonchev–Trinajstić information content (AvgIpc) is 3.30. The second-order valence-electron chi connectivity index (χ2n) is 7.90. The van der Waals surface area contributed by atoms with Crippen LogP contribution in [0.3, 0.4) is 0 Å². The zero-order valence-corrected chi connectivity index (χ0v) is 18.0. The summed E-state index contributed by atoms with van der Waals surface area (Å²) in [7, 11) is 0. The van der Waals surface area contributed by atoms with Gasteiger partial charge in [-0.2, -0.15) is 0 Å². The van der Waals surface area contributed by atoms with Crippen LogP contribution < -0.4 is 10.2 Å². The van der Waals surface area contributed by atoms with Crippen LogP contribution in [0.4, 0.5) is 5.82 Å². The van der Waals surface area contributed by atoms with E-state index in [0.717, 1.165) is 51.4 Å². The highest BCUT2D eigenvalue weighted by Gasteiger charge is 2.22. The predicted molar refractivity (Wildman–Crippen MR) is 116 cm³/mol. The van der Waals surface area contributed by atoms with Gasteiger partial charge in [0.25, 0.3) is 5.91 Å². The molecule has 3 rings (SSSR count). The fourth-order valence-electron chi connectivity index (χ4n) is 3.45. The van der Waals surface area contributed by atoms with Gasteiger partial charge in [0.2, 0.25) is 5.91 Å². The van der Waals surface area contributed by atoms with Crippen LogP contribution in [0.25, 0.3) is 0 Å². The average molecular weight is 413 g/mol.